The molecular formula is C19H22N2. The van der Waals surface area contributed by atoms with E-state index in [4.69, 9.17) is 0 Å². The summed E-state index contributed by atoms with van der Waals surface area (Å²) in [6, 6.07) is 19.3. The van der Waals surface area contributed by atoms with Gasteiger partial charge in [-0.2, -0.15) is 0 Å². The first-order valence-electron chi connectivity index (χ1n) is 7.41. The Morgan fingerprint density at radius 1 is 0.762 bits per heavy atom. The predicted octanol–water partition coefficient (Wildman–Crippen LogP) is 4.74. The number of nitrogens with zero attached hydrogens (tertiary/aromatic N) is 2. The minimum atomic E-state index is 0.179. The van der Waals surface area contributed by atoms with Crippen LogP contribution in [0.1, 0.15) is 26.3 Å². The van der Waals surface area contributed by atoms with Crippen LogP contribution in [-0.2, 0) is 5.41 Å². The Balaban J connectivity index is 1.80. The van der Waals surface area contributed by atoms with E-state index in [1.807, 2.05) is 6.07 Å². The summed E-state index contributed by atoms with van der Waals surface area (Å²) in [6.45, 7) is 7.62. The fourth-order valence-corrected chi connectivity index (χ4v) is 2.53. The van der Waals surface area contributed by atoms with Gasteiger partial charge in [-0.3, -0.25) is 0 Å². The molecule has 0 fully saturated rings. The molecule has 0 N–H and O–H groups in total. The molecule has 1 aliphatic heterocycles. The minimum absolute atomic E-state index is 0.179. The molecule has 1 heterocycles. The number of para-hydroxylation sites is 1. The molecule has 3 rings (SSSR count). The second-order valence-corrected chi connectivity index (χ2v) is 6.52. The van der Waals surface area contributed by atoms with Gasteiger partial charge in [0, 0.05) is 23.8 Å². The average molecular weight is 278 g/mol. The highest BCUT2D eigenvalue weighted by Crippen LogP contribution is 2.29. The third-order valence-corrected chi connectivity index (χ3v) is 3.86. The first-order chi connectivity index (χ1) is 10.0. The van der Waals surface area contributed by atoms with Crippen molar-refractivity contribution in [3.05, 3.63) is 72.6 Å². The molecule has 0 saturated carbocycles. The largest absolute Gasteiger partial charge is 0.328 e. The van der Waals surface area contributed by atoms with E-state index in [2.05, 4.69) is 91.5 Å². The molecule has 0 saturated heterocycles. The summed E-state index contributed by atoms with van der Waals surface area (Å²) < 4.78 is 0. The molecular weight excluding hydrogens is 256 g/mol. The maximum atomic E-state index is 2.29. The lowest BCUT2D eigenvalue weighted by Gasteiger charge is -2.24. The third kappa shape index (κ3) is 2.94. The Hall–Kier alpha value is -2.22. The van der Waals surface area contributed by atoms with E-state index in [0.717, 1.165) is 6.67 Å². The van der Waals surface area contributed by atoms with Crippen LogP contribution in [0.5, 0.6) is 0 Å². The van der Waals surface area contributed by atoms with E-state index in [-0.39, 0.29) is 5.41 Å². The molecule has 2 aromatic carbocycles. The molecule has 0 unspecified atom stereocenters. The van der Waals surface area contributed by atoms with Gasteiger partial charge >= 0.3 is 0 Å². The van der Waals surface area contributed by atoms with Crippen LogP contribution in [0.15, 0.2) is 67.0 Å². The van der Waals surface area contributed by atoms with Crippen molar-refractivity contribution >= 4 is 11.4 Å². The van der Waals surface area contributed by atoms with Gasteiger partial charge in [-0.15, -0.1) is 0 Å². The van der Waals surface area contributed by atoms with Gasteiger partial charge in [-0.05, 0) is 35.2 Å². The highest BCUT2D eigenvalue weighted by atomic mass is 15.3. The van der Waals surface area contributed by atoms with Crippen LogP contribution in [0, 0.1) is 0 Å². The van der Waals surface area contributed by atoms with Crippen LogP contribution in [0.4, 0.5) is 11.4 Å². The molecule has 0 bridgehead atoms. The Morgan fingerprint density at radius 3 is 2.05 bits per heavy atom. The number of anilines is 2. The summed E-state index contributed by atoms with van der Waals surface area (Å²) >= 11 is 0. The average Bonchev–Trinajstić information content (AvgIpc) is 2.97. The van der Waals surface area contributed by atoms with E-state index in [9.17, 15) is 0 Å². The maximum absolute atomic E-state index is 2.29. The van der Waals surface area contributed by atoms with Crippen LogP contribution in [0.3, 0.4) is 0 Å². The normalized spacial score (nSPS) is 14.8. The highest BCUT2D eigenvalue weighted by Gasteiger charge is 2.18. The molecule has 2 nitrogen and oxygen atoms in total. The molecule has 0 spiro atoms. The van der Waals surface area contributed by atoms with Crippen molar-refractivity contribution in [1.82, 2.24) is 0 Å². The van der Waals surface area contributed by atoms with Gasteiger partial charge in [-0.1, -0.05) is 51.1 Å². The fourth-order valence-electron chi connectivity index (χ4n) is 2.53. The monoisotopic (exact) mass is 278 g/mol. The van der Waals surface area contributed by atoms with Crippen LogP contribution in [0.25, 0.3) is 0 Å². The second-order valence-electron chi connectivity index (χ2n) is 6.52. The molecule has 21 heavy (non-hydrogen) atoms. The van der Waals surface area contributed by atoms with Crippen LogP contribution < -0.4 is 9.80 Å². The Labute approximate surface area is 127 Å². The molecule has 2 heteroatoms. The van der Waals surface area contributed by atoms with Crippen LogP contribution in [0.2, 0.25) is 0 Å². The minimum Gasteiger partial charge on any atom is -0.328 e. The predicted molar refractivity (Wildman–Crippen MR) is 90.5 cm³/mol. The van der Waals surface area contributed by atoms with E-state index >= 15 is 0 Å². The topological polar surface area (TPSA) is 6.48 Å². The summed E-state index contributed by atoms with van der Waals surface area (Å²) in [5.74, 6) is 0. The van der Waals surface area contributed by atoms with Gasteiger partial charge in [-0.25, -0.2) is 0 Å². The Kier molecular flexibility index (Phi) is 3.46. The van der Waals surface area contributed by atoms with Crippen molar-refractivity contribution in [3.63, 3.8) is 0 Å². The summed E-state index contributed by atoms with van der Waals surface area (Å²) in [5.41, 5.74) is 4.02. The smallest absolute Gasteiger partial charge is 0.0989 e. The molecule has 0 aliphatic carbocycles. The zero-order valence-corrected chi connectivity index (χ0v) is 13.0. The molecule has 0 radical (unpaired) electrons. The molecule has 108 valence electrons. The van der Waals surface area contributed by atoms with Crippen molar-refractivity contribution in [2.24, 2.45) is 0 Å². The van der Waals surface area contributed by atoms with E-state index in [0.29, 0.717) is 0 Å². The molecule has 0 aromatic heterocycles. The Bertz CT molecular complexity index is 638. The Morgan fingerprint density at radius 2 is 1.38 bits per heavy atom. The van der Waals surface area contributed by atoms with Gasteiger partial charge in [0.25, 0.3) is 0 Å². The van der Waals surface area contributed by atoms with Gasteiger partial charge in [0.1, 0.15) is 0 Å². The van der Waals surface area contributed by atoms with Crippen LogP contribution >= 0.6 is 0 Å². The maximum Gasteiger partial charge on any atom is 0.0989 e. The lowest BCUT2D eigenvalue weighted by molar-refractivity contribution is 0.590. The molecule has 1 aliphatic rings. The summed E-state index contributed by atoms with van der Waals surface area (Å²) in [6.07, 6.45) is 4.29. The summed E-state index contributed by atoms with van der Waals surface area (Å²) in [4.78, 5) is 4.53. The quantitative estimate of drug-likeness (QED) is 0.783. The number of benzene rings is 2. The van der Waals surface area contributed by atoms with Crippen molar-refractivity contribution in [1.29, 1.82) is 0 Å². The molecule has 0 amide bonds. The van der Waals surface area contributed by atoms with Crippen molar-refractivity contribution in [2.45, 2.75) is 26.2 Å². The molecule has 2 aromatic rings. The zero-order chi connectivity index (χ0) is 14.9. The van der Waals surface area contributed by atoms with Crippen molar-refractivity contribution in [2.75, 3.05) is 16.5 Å². The van der Waals surface area contributed by atoms with E-state index < -0.39 is 0 Å². The van der Waals surface area contributed by atoms with E-state index in [1.165, 1.54) is 16.9 Å². The van der Waals surface area contributed by atoms with Gasteiger partial charge in [0.2, 0.25) is 0 Å². The number of hydrogen-bond acceptors (Lipinski definition) is 2. The van der Waals surface area contributed by atoms with Crippen molar-refractivity contribution < 1.29 is 0 Å². The van der Waals surface area contributed by atoms with Crippen molar-refractivity contribution in [3.8, 4) is 0 Å². The first kappa shape index (κ1) is 13.7. The molecule has 0 atom stereocenters. The third-order valence-electron chi connectivity index (χ3n) is 3.86. The van der Waals surface area contributed by atoms with Crippen LogP contribution in [-0.4, -0.2) is 6.67 Å². The summed E-state index contributed by atoms with van der Waals surface area (Å²) in [5, 5.41) is 0. The fraction of sp³-hybridized carbons (Fsp3) is 0.263. The number of hydrogen-bond donors (Lipinski definition) is 0. The lowest BCUT2D eigenvalue weighted by atomic mass is 9.87. The summed E-state index contributed by atoms with van der Waals surface area (Å²) in [7, 11) is 0. The van der Waals surface area contributed by atoms with Gasteiger partial charge < -0.3 is 9.80 Å². The number of rotatable bonds is 2. The highest BCUT2D eigenvalue weighted by molar-refractivity contribution is 5.59. The van der Waals surface area contributed by atoms with Gasteiger partial charge in [0.15, 0.2) is 0 Å². The van der Waals surface area contributed by atoms with E-state index in [1.54, 1.807) is 0 Å². The standard InChI is InChI=1S/C19H22N2/c1-19(2,3)16-8-7-11-18(14-16)21-13-12-20(15-21)17-9-5-4-6-10-17/h4-14H,15H2,1-3H3. The first-order valence-corrected chi connectivity index (χ1v) is 7.41. The zero-order valence-electron chi connectivity index (χ0n) is 13.0. The van der Waals surface area contributed by atoms with Gasteiger partial charge in [0.05, 0.1) is 6.67 Å². The SMILES string of the molecule is CC(C)(C)c1cccc(N2C=CN(c3ccccc3)C2)c1. The lowest BCUT2D eigenvalue weighted by Crippen LogP contribution is -2.24. The second kappa shape index (κ2) is 5.28.